The predicted octanol–water partition coefficient (Wildman–Crippen LogP) is 1.78. The second-order valence-corrected chi connectivity index (χ2v) is 9.34. The third kappa shape index (κ3) is 6.07. The van der Waals surface area contributed by atoms with Crippen molar-refractivity contribution in [2.24, 2.45) is 5.92 Å². The number of amides is 2. The summed E-state index contributed by atoms with van der Waals surface area (Å²) in [5, 5.41) is 11.4. The first-order valence-electron chi connectivity index (χ1n) is 9.68. The van der Waals surface area contributed by atoms with Gasteiger partial charge in [0, 0.05) is 18.8 Å². The van der Waals surface area contributed by atoms with E-state index >= 15 is 0 Å². The molecule has 0 aliphatic heterocycles. The molecule has 31 heavy (non-hydrogen) atoms. The Morgan fingerprint density at radius 2 is 1.77 bits per heavy atom. The zero-order valence-corrected chi connectivity index (χ0v) is 17.6. The lowest BCUT2D eigenvalue weighted by Gasteiger charge is -2.28. The molecule has 1 aromatic heterocycles. The number of sulfonamides is 1. The quantitative estimate of drug-likeness (QED) is 0.505. The van der Waals surface area contributed by atoms with Crippen LogP contribution in [-0.2, 0) is 10.0 Å². The van der Waals surface area contributed by atoms with Crippen LogP contribution in [0, 0.1) is 17.6 Å². The molecule has 1 saturated carbocycles. The molecule has 0 unspecified atom stereocenters. The summed E-state index contributed by atoms with van der Waals surface area (Å²) in [5.41, 5.74) is -0.863. The van der Waals surface area contributed by atoms with Crippen LogP contribution in [0.3, 0.4) is 0 Å². The van der Waals surface area contributed by atoms with Crippen LogP contribution in [0.25, 0.3) is 0 Å². The Balaban J connectivity index is 1.57. The molecule has 3 rings (SSSR count). The average Bonchev–Trinajstić information content (AvgIpc) is 3.15. The molecule has 1 aromatic carbocycles. The van der Waals surface area contributed by atoms with Gasteiger partial charge in [0.25, 0.3) is 11.8 Å². The van der Waals surface area contributed by atoms with Crippen molar-refractivity contribution < 1.29 is 26.8 Å². The molecule has 4 N–H and O–H groups in total. The molecule has 12 heteroatoms. The zero-order valence-electron chi connectivity index (χ0n) is 16.7. The fourth-order valence-electron chi connectivity index (χ4n) is 3.49. The SMILES string of the molecule is CS(=O)(=O)NC[C@H]1CC[C@H](NC(=O)c2n[nH]cc2NC(=O)c2c(F)cccc2F)CC1. The van der Waals surface area contributed by atoms with Gasteiger partial charge in [0.1, 0.15) is 17.2 Å². The Labute approximate surface area is 178 Å². The zero-order chi connectivity index (χ0) is 22.6. The number of rotatable bonds is 7. The Kier molecular flexibility index (Phi) is 7.01. The lowest BCUT2D eigenvalue weighted by atomic mass is 9.86. The maximum absolute atomic E-state index is 13.8. The molecular weight excluding hydrogens is 432 g/mol. The molecular formula is C19H23F2N5O4S. The molecule has 2 aromatic rings. The van der Waals surface area contributed by atoms with Crippen molar-refractivity contribution in [3.05, 3.63) is 47.3 Å². The number of hydrogen-bond donors (Lipinski definition) is 4. The number of aromatic amines is 1. The van der Waals surface area contributed by atoms with Gasteiger partial charge in [0.2, 0.25) is 10.0 Å². The van der Waals surface area contributed by atoms with E-state index in [-0.39, 0.29) is 23.3 Å². The number of nitrogens with zero attached hydrogens (tertiary/aromatic N) is 1. The minimum Gasteiger partial charge on any atom is -0.348 e. The van der Waals surface area contributed by atoms with Crippen molar-refractivity contribution in [2.45, 2.75) is 31.7 Å². The number of carbonyl (C=O) groups is 2. The highest BCUT2D eigenvalue weighted by Gasteiger charge is 2.26. The summed E-state index contributed by atoms with van der Waals surface area (Å²) in [6.07, 6.45) is 5.16. The summed E-state index contributed by atoms with van der Waals surface area (Å²) in [4.78, 5) is 24.9. The minimum absolute atomic E-state index is 0.00353. The first kappa shape index (κ1) is 22.8. The molecule has 2 amide bonds. The van der Waals surface area contributed by atoms with Gasteiger partial charge in [-0.2, -0.15) is 5.10 Å². The molecule has 9 nitrogen and oxygen atoms in total. The van der Waals surface area contributed by atoms with Crippen molar-refractivity contribution in [1.29, 1.82) is 0 Å². The van der Waals surface area contributed by atoms with Gasteiger partial charge >= 0.3 is 0 Å². The highest BCUT2D eigenvalue weighted by molar-refractivity contribution is 7.88. The van der Waals surface area contributed by atoms with Crippen molar-refractivity contribution >= 4 is 27.5 Å². The largest absolute Gasteiger partial charge is 0.348 e. The molecule has 168 valence electrons. The number of anilines is 1. The van der Waals surface area contributed by atoms with Crippen molar-refractivity contribution in [2.75, 3.05) is 18.1 Å². The molecule has 1 heterocycles. The van der Waals surface area contributed by atoms with Crippen LogP contribution in [0.15, 0.2) is 24.4 Å². The molecule has 1 fully saturated rings. The topological polar surface area (TPSA) is 133 Å². The van der Waals surface area contributed by atoms with E-state index in [0.29, 0.717) is 19.4 Å². The monoisotopic (exact) mass is 455 g/mol. The van der Waals surface area contributed by atoms with Crippen LogP contribution in [0.1, 0.15) is 46.5 Å². The summed E-state index contributed by atoms with van der Waals surface area (Å²) in [5.74, 6) is -3.42. The van der Waals surface area contributed by atoms with E-state index in [9.17, 15) is 26.8 Å². The summed E-state index contributed by atoms with van der Waals surface area (Å²) < 4.78 is 52.5. The van der Waals surface area contributed by atoms with Gasteiger partial charge in [0.15, 0.2) is 5.69 Å². The minimum atomic E-state index is -3.24. The second kappa shape index (κ2) is 9.52. The van der Waals surface area contributed by atoms with Gasteiger partial charge in [-0.15, -0.1) is 0 Å². The van der Waals surface area contributed by atoms with Crippen LogP contribution in [0.4, 0.5) is 14.5 Å². The van der Waals surface area contributed by atoms with Crippen molar-refractivity contribution in [1.82, 2.24) is 20.2 Å². The van der Waals surface area contributed by atoms with Gasteiger partial charge in [-0.05, 0) is 43.7 Å². The summed E-state index contributed by atoms with van der Waals surface area (Å²) in [7, 11) is -3.24. The van der Waals surface area contributed by atoms with E-state index in [2.05, 4.69) is 25.6 Å². The third-order valence-corrected chi connectivity index (χ3v) is 5.80. The molecule has 0 bridgehead atoms. The third-order valence-electron chi connectivity index (χ3n) is 5.11. The maximum atomic E-state index is 13.8. The molecule has 0 saturated heterocycles. The number of benzene rings is 1. The molecule has 1 aliphatic rings. The number of aromatic nitrogens is 2. The van der Waals surface area contributed by atoms with E-state index < -0.39 is 39.0 Å². The predicted molar refractivity (Wildman–Crippen MR) is 109 cm³/mol. The highest BCUT2D eigenvalue weighted by Crippen LogP contribution is 2.25. The first-order chi connectivity index (χ1) is 14.6. The second-order valence-electron chi connectivity index (χ2n) is 7.51. The standard InChI is InChI=1S/C19H23F2N5O4S/c1-31(29,30)23-9-11-5-7-12(8-6-11)24-19(28)17-15(10-22-26-17)25-18(27)16-13(20)3-2-4-14(16)21/h2-4,10-12,23H,5-9H2,1H3,(H,22,26)(H,24,28)(H,25,27)/t11-,12-. The Morgan fingerprint density at radius 1 is 1.13 bits per heavy atom. The smallest absolute Gasteiger partial charge is 0.274 e. The summed E-state index contributed by atoms with van der Waals surface area (Å²) in [6, 6.07) is 2.93. The van der Waals surface area contributed by atoms with Gasteiger partial charge < -0.3 is 10.6 Å². The lowest BCUT2D eigenvalue weighted by molar-refractivity contribution is 0.0918. The Bertz CT molecular complexity index is 1040. The number of carbonyl (C=O) groups excluding carboxylic acids is 2. The highest BCUT2D eigenvalue weighted by atomic mass is 32.2. The van der Waals surface area contributed by atoms with E-state index in [1.165, 1.54) is 6.20 Å². The number of halogens is 2. The van der Waals surface area contributed by atoms with E-state index in [0.717, 1.165) is 37.3 Å². The van der Waals surface area contributed by atoms with Crippen molar-refractivity contribution in [3.63, 3.8) is 0 Å². The maximum Gasteiger partial charge on any atom is 0.274 e. The van der Waals surface area contributed by atoms with E-state index in [1.54, 1.807) is 0 Å². The molecule has 1 aliphatic carbocycles. The average molecular weight is 455 g/mol. The van der Waals surface area contributed by atoms with Gasteiger partial charge in [0.05, 0.1) is 11.9 Å². The van der Waals surface area contributed by atoms with E-state index in [1.807, 2.05) is 0 Å². The van der Waals surface area contributed by atoms with Crippen LogP contribution >= 0.6 is 0 Å². The Morgan fingerprint density at radius 3 is 2.39 bits per heavy atom. The number of H-pyrrole nitrogens is 1. The van der Waals surface area contributed by atoms with Crippen LogP contribution < -0.4 is 15.4 Å². The van der Waals surface area contributed by atoms with Gasteiger partial charge in [-0.25, -0.2) is 21.9 Å². The van der Waals surface area contributed by atoms with E-state index in [4.69, 9.17) is 0 Å². The summed E-state index contributed by atoms with van der Waals surface area (Å²) >= 11 is 0. The number of nitrogens with one attached hydrogen (secondary N) is 4. The number of hydrogen-bond acceptors (Lipinski definition) is 5. The van der Waals surface area contributed by atoms with Crippen LogP contribution in [0.5, 0.6) is 0 Å². The normalized spacial score (nSPS) is 19.1. The van der Waals surface area contributed by atoms with Gasteiger partial charge in [-0.1, -0.05) is 6.07 Å². The van der Waals surface area contributed by atoms with Crippen LogP contribution in [-0.4, -0.2) is 49.3 Å². The fraction of sp³-hybridized carbons (Fsp3) is 0.421. The molecule has 0 radical (unpaired) electrons. The first-order valence-corrected chi connectivity index (χ1v) is 11.6. The molecule has 0 spiro atoms. The lowest BCUT2D eigenvalue weighted by Crippen LogP contribution is -2.40. The van der Waals surface area contributed by atoms with Crippen LogP contribution in [0.2, 0.25) is 0 Å². The summed E-state index contributed by atoms with van der Waals surface area (Å²) in [6.45, 7) is 0.363. The van der Waals surface area contributed by atoms with Crippen molar-refractivity contribution in [3.8, 4) is 0 Å². The Hall–Kier alpha value is -2.86. The molecule has 0 atom stereocenters. The van der Waals surface area contributed by atoms with Gasteiger partial charge in [-0.3, -0.25) is 14.7 Å². The fourth-order valence-corrected chi connectivity index (χ4v) is 4.03.